The molecule has 0 amide bonds. The highest BCUT2D eigenvalue weighted by atomic mass is 16.3. The van der Waals surface area contributed by atoms with E-state index in [0.29, 0.717) is 60.4 Å². The third kappa shape index (κ3) is 5.29. The zero-order valence-electron chi connectivity index (χ0n) is 39.2. The summed E-state index contributed by atoms with van der Waals surface area (Å²) >= 11 is 0. The Labute approximate surface area is 417 Å². The molecule has 340 valence electrons. The first-order valence-electron chi connectivity index (χ1n) is 24.9. The molecule has 6 heterocycles. The molecule has 0 atom stereocenters. The lowest BCUT2D eigenvalue weighted by Gasteiger charge is -2.27. The van der Waals surface area contributed by atoms with Crippen LogP contribution >= 0.6 is 0 Å². The molecule has 6 aromatic heterocycles. The number of nitriles is 2. The summed E-state index contributed by atoms with van der Waals surface area (Å²) in [6.07, 6.45) is 8.73. The fourth-order valence-electron chi connectivity index (χ4n) is 13.0. The van der Waals surface area contributed by atoms with E-state index in [1.807, 2.05) is 42.5 Å². The monoisotopic (exact) mass is 935 g/mol. The number of allylic oxidation sites excluding steroid dienone is 1. The first-order valence-corrected chi connectivity index (χ1v) is 24.9. The maximum Gasteiger partial charge on any atom is 0.186 e. The minimum Gasteiger partial charge on any atom is -0.460 e. The third-order valence-electron chi connectivity index (χ3n) is 15.7. The minimum atomic E-state index is 0.378. The van der Waals surface area contributed by atoms with Gasteiger partial charge in [0.05, 0.1) is 58.5 Å². The second-order valence-electron chi connectivity index (χ2n) is 19.3. The Morgan fingerprint density at radius 3 is 1.63 bits per heavy atom. The van der Waals surface area contributed by atoms with Crippen LogP contribution in [0, 0.1) is 46.3 Å². The predicted molar refractivity (Wildman–Crippen MR) is 285 cm³/mol. The molecule has 12 aromatic rings. The van der Waals surface area contributed by atoms with E-state index in [9.17, 15) is 10.5 Å². The molecule has 16 rings (SSSR count). The van der Waals surface area contributed by atoms with Crippen molar-refractivity contribution in [2.45, 2.75) is 44.9 Å². The highest BCUT2D eigenvalue weighted by Gasteiger charge is 2.38. The standard InChI is InChI=1S/C65H37N5O3/c66-35-37-34-38(36-67)64(69-46-23-8-2-17-40(46)58-49(69)26-15-31-55-61(58)43-20-5-12-28-52(43)72-55)65(70-47-24-9-3-18-41(47)59-50(70)32-33-56-62(59)44-21-6-13-29-53(44)73-56)63(37)68-45-22-7-1-16-39(45)57-48(68)25-10-14-30-54-60(57)42-19-4-11-27-51(42)71-54/h1-8,11-13,16-23,27-29,34H,9,24-26,30,32-33H2. The van der Waals surface area contributed by atoms with Crippen molar-refractivity contribution < 1.29 is 13.3 Å². The number of benzene rings is 6. The van der Waals surface area contributed by atoms with Crippen molar-refractivity contribution in [3.63, 3.8) is 0 Å². The maximum absolute atomic E-state index is 11.8. The van der Waals surface area contributed by atoms with Crippen molar-refractivity contribution in [2.24, 2.45) is 0 Å². The number of hydrogen-bond acceptors (Lipinski definition) is 5. The quantitative estimate of drug-likeness (QED) is 0.164. The molecule has 8 heteroatoms. The van der Waals surface area contributed by atoms with Crippen LogP contribution in [0.25, 0.3) is 111 Å². The maximum atomic E-state index is 11.8. The molecular weight excluding hydrogens is 899 g/mol. The summed E-state index contributed by atoms with van der Waals surface area (Å²) < 4.78 is 26.9. The van der Waals surface area contributed by atoms with Gasteiger partial charge in [-0.1, -0.05) is 121 Å². The molecule has 8 nitrogen and oxygen atoms in total. The van der Waals surface area contributed by atoms with Crippen molar-refractivity contribution in [2.75, 3.05) is 0 Å². The molecule has 0 spiro atoms. The van der Waals surface area contributed by atoms with Gasteiger partial charge >= 0.3 is 0 Å². The molecule has 0 fully saturated rings. The second-order valence-corrected chi connectivity index (χ2v) is 19.3. The van der Waals surface area contributed by atoms with Crippen molar-refractivity contribution in [1.82, 2.24) is 13.7 Å². The molecular formula is C65H37N5O3. The molecule has 73 heavy (non-hydrogen) atoms. The van der Waals surface area contributed by atoms with E-state index < -0.39 is 0 Å². The SMILES string of the molecule is N#Cc1cc(C#N)c(-n2c3c(c4ccccc42)-c2c(oc4ccccc24)CC#CC3)c(-n2c3c(c4c2CCc2oc5ccccc5c2-4)C=CCC3)c1-n1c2c(c3ccccc31)-c1c(oc3ccccc13)C#CC2. The van der Waals surface area contributed by atoms with E-state index in [1.165, 1.54) is 0 Å². The topological polar surface area (TPSA) is 102 Å². The third-order valence-corrected chi connectivity index (χ3v) is 15.7. The minimum absolute atomic E-state index is 0.378. The summed E-state index contributed by atoms with van der Waals surface area (Å²) in [5, 5.41) is 28.7. The van der Waals surface area contributed by atoms with Gasteiger partial charge in [0.15, 0.2) is 5.76 Å². The predicted octanol–water partition coefficient (Wildman–Crippen LogP) is 14.4. The van der Waals surface area contributed by atoms with Gasteiger partial charge in [0, 0.05) is 95.1 Å². The zero-order valence-corrected chi connectivity index (χ0v) is 39.2. The number of aromatic nitrogens is 3. The summed E-state index contributed by atoms with van der Waals surface area (Å²) in [7, 11) is 0. The lowest BCUT2D eigenvalue weighted by molar-refractivity contribution is 0.543. The molecule has 0 unspecified atom stereocenters. The molecule has 0 bridgehead atoms. The molecule has 6 aromatic carbocycles. The number of furan rings is 3. The average Bonchev–Trinajstić information content (AvgIpc) is 4.26. The lowest BCUT2D eigenvalue weighted by atomic mass is 9.89. The lowest BCUT2D eigenvalue weighted by Crippen LogP contribution is -2.19. The summed E-state index contributed by atoms with van der Waals surface area (Å²) in [4.78, 5) is 0. The Morgan fingerprint density at radius 2 is 0.973 bits per heavy atom. The van der Waals surface area contributed by atoms with Gasteiger partial charge in [-0.05, 0) is 61.6 Å². The molecule has 0 radical (unpaired) electrons. The van der Waals surface area contributed by atoms with Gasteiger partial charge in [-0.15, -0.1) is 0 Å². The van der Waals surface area contributed by atoms with Gasteiger partial charge in [-0.3, -0.25) is 0 Å². The van der Waals surface area contributed by atoms with Crippen LogP contribution in [0.5, 0.6) is 0 Å². The Hall–Kier alpha value is -9.86. The highest BCUT2D eigenvalue weighted by molar-refractivity contribution is 6.11. The fraction of sp³-hybridized carbons (Fsp3) is 0.108. The van der Waals surface area contributed by atoms with Crippen LogP contribution in [0.2, 0.25) is 0 Å². The molecule has 0 saturated carbocycles. The van der Waals surface area contributed by atoms with Gasteiger partial charge in [-0.2, -0.15) is 10.5 Å². The number of aryl methyl sites for hydroxylation is 1. The van der Waals surface area contributed by atoms with Crippen LogP contribution < -0.4 is 0 Å². The molecule has 0 N–H and O–H groups in total. The number of para-hydroxylation sites is 5. The highest BCUT2D eigenvalue weighted by Crippen LogP contribution is 2.53. The fourth-order valence-corrected chi connectivity index (χ4v) is 13.0. The summed E-state index contributed by atoms with van der Waals surface area (Å²) in [6, 6.07) is 48.9. The first kappa shape index (κ1) is 39.9. The normalized spacial score (nSPS) is 13.8. The van der Waals surface area contributed by atoms with E-state index >= 15 is 0 Å². The molecule has 0 saturated heterocycles. The van der Waals surface area contributed by atoms with E-state index in [0.717, 1.165) is 146 Å². The van der Waals surface area contributed by atoms with Gasteiger partial charge in [-0.25, -0.2) is 0 Å². The van der Waals surface area contributed by atoms with Gasteiger partial charge in [0.1, 0.15) is 40.4 Å². The van der Waals surface area contributed by atoms with E-state index in [1.54, 1.807) is 0 Å². The Morgan fingerprint density at radius 1 is 0.438 bits per heavy atom. The van der Waals surface area contributed by atoms with Gasteiger partial charge < -0.3 is 27.0 Å². The Balaban J connectivity index is 1.13. The number of nitrogens with zero attached hydrogens (tertiary/aromatic N) is 5. The number of hydrogen-bond donors (Lipinski definition) is 0. The molecule has 4 aliphatic rings. The van der Waals surface area contributed by atoms with E-state index in [-0.39, 0.29) is 0 Å². The summed E-state index contributed by atoms with van der Waals surface area (Å²) in [5.41, 5.74) is 18.7. The van der Waals surface area contributed by atoms with Crippen LogP contribution in [-0.4, -0.2) is 13.7 Å². The van der Waals surface area contributed by atoms with E-state index in [4.69, 9.17) is 13.3 Å². The van der Waals surface area contributed by atoms with E-state index in [2.05, 4.69) is 147 Å². The van der Waals surface area contributed by atoms with Crippen LogP contribution in [0.15, 0.2) is 147 Å². The van der Waals surface area contributed by atoms with Crippen molar-refractivity contribution in [3.05, 3.63) is 190 Å². The molecule has 4 aliphatic carbocycles. The largest absolute Gasteiger partial charge is 0.460 e. The van der Waals surface area contributed by atoms with Crippen LogP contribution in [0.1, 0.15) is 63.2 Å². The van der Waals surface area contributed by atoms with Crippen LogP contribution in [0.3, 0.4) is 0 Å². The van der Waals surface area contributed by atoms with Crippen molar-refractivity contribution in [3.8, 4) is 86.3 Å². The van der Waals surface area contributed by atoms with Crippen LogP contribution in [0.4, 0.5) is 0 Å². The Bertz CT molecular complexity index is 4760. The van der Waals surface area contributed by atoms with Gasteiger partial charge in [0.2, 0.25) is 0 Å². The van der Waals surface area contributed by atoms with Crippen molar-refractivity contribution >= 4 is 60.8 Å². The van der Waals surface area contributed by atoms with Gasteiger partial charge in [0.25, 0.3) is 0 Å². The summed E-state index contributed by atoms with van der Waals surface area (Å²) in [5.74, 6) is 16.4. The van der Waals surface area contributed by atoms with Crippen molar-refractivity contribution in [1.29, 1.82) is 10.5 Å². The first-order chi connectivity index (χ1) is 36.2. The smallest absolute Gasteiger partial charge is 0.186 e. The average molecular weight is 936 g/mol. The second kappa shape index (κ2) is 14.8. The van der Waals surface area contributed by atoms with Crippen LogP contribution in [-0.2, 0) is 38.5 Å². The summed E-state index contributed by atoms with van der Waals surface area (Å²) in [6.45, 7) is 0. The zero-order chi connectivity index (χ0) is 48.1. The number of rotatable bonds is 3. The Kier molecular flexibility index (Phi) is 8.11. The molecule has 0 aliphatic heterocycles. The number of fused-ring (bicyclic) bond motifs is 21.